The Bertz CT molecular complexity index is 3600. The van der Waals surface area contributed by atoms with Crippen LogP contribution in [0.25, 0.3) is 10.9 Å². The van der Waals surface area contributed by atoms with Crippen LogP contribution < -0.4 is 58.9 Å². The van der Waals surface area contributed by atoms with E-state index in [2.05, 4.69) is 68.1 Å². The average molecular weight is 1410 g/mol. The van der Waals surface area contributed by atoms with Gasteiger partial charge in [0.2, 0.25) is 59.1 Å². The van der Waals surface area contributed by atoms with Crippen LogP contribution in [-0.4, -0.2) is 179 Å². The van der Waals surface area contributed by atoms with Gasteiger partial charge in [-0.3, -0.25) is 52.7 Å². The van der Waals surface area contributed by atoms with Crippen molar-refractivity contribution in [1.82, 2.24) is 68.1 Å². The summed E-state index contributed by atoms with van der Waals surface area (Å²) in [4.78, 5) is 179. The monoisotopic (exact) mass is 1410 g/mol. The summed E-state index contributed by atoms with van der Waals surface area (Å²) in [5.41, 5.74) is 9.17. The third-order valence-electron chi connectivity index (χ3n) is 17.0. The largest absolute Gasteiger partial charge is 0.508 e. The molecule has 0 spiro atoms. The fourth-order valence-corrected chi connectivity index (χ4v) is 13.1. The Hall–Kier alpha value is -9.49. The second kappa shape index (κ2) is 38.0. The Morgan fingerprint density at radius 2 is 1.13 bits per heavy atom. The lowest BCUT2D eigenvalue weighted by Crippen LogP contribution is -2.62. The topological polar surface area (TPSA) is 456 Å². The molecule has 13 atom stereocenters. The van der Waals surface area contributed by atoms with E-state index in [4.69, 9.17) is 5.73 Å². The molecule has 99 heavy (non-hydrogen) atoms. The first-order chi connectivity index (χ1) is 47.0. The van der Waals surface area contributed by atoms with Gasteiger partial charge in [0.05, 0.1) is 18.8 Å². The molecule has 1 fully saturated rings. The fourth-order valence-electron chi connectivity index (χ4n) is 10.8. The van der Waals surface area contributed by atoms with E-state index in [-0.39, 0.29) is 61.7 Å². The van der Waals surface area contributed by atoms with E-state index in [1.54, 1.807) is 110 Å². The molecule has 3 aromatic carbocycles. The highest BCUT2D eigenvalue weighted by Crippen LogP contribution is 2.25. The summed E-state index contributed by atoms with van der Waals surface area (Å²) in [6, 6.07) is 6.02. The van der Waals surface area contributed by atoms with Gasteiger partial charge in [-0.05, 0) is 65.0 Å². The Kier molecular flexibility index (Phi) is 30.2. The van der Waals surface area contributed by atoms with Crippen molar-refractivity contribution in [1.29, 1.82) is 0 Å². The van der Waals surface area contributed by atoms with Crippen molar-refractivity contribution in [2.24, 2.45) is 29.4 Å². The molecule has 31 heteroatoms. The maximum atomic E-state index is 14.9. The molecule has 17 N–H and O–H groups in total. The molecule has 1 aliphatic rings. The number of nitrogens with one attached hydrogen (secondary N) is 12. The molecule has 6 rings (SSSR count). The third kappa shape index (κ3) is 23.9. The third-order valence-corrected chi connectivity index (χ3v) is 19.4. The summed E-state index contributed by atoms with van der Waals surface area (Å²) in [7, 11) is 2.11. The van der Waals surface area contributed by atoms with Crippen LogP contribution in [0.3, 0.4) is 0 Å². The smallest absolute Gasteiger partial charge is 0.326 e. The van der Waals surface area contributed by atoms with Crippen LogP contribution in [0.5, 0.6) is 5.75 Å². The molecule has 0 bridgehead atoms. The first-order valence-electron chi connectivity index (χ1n) is 32.9. The number of aromatic hydroxyl groups is 1. The van der Waals surface area contributed by atoms with Crippen LogP contribution in [0.2, 0.25) is 0 Å². The highest BCUT2D eigenvalue weighted by molar-refractivity contribution is 8.76. The van der Waals surface area contributed by atoms with Crippen molar-refractivity contribution >= 4 is 104 Å². The SMILES string of the molecule is CC[C@H](C)[C@H](NC(=O)[C@H](CC(=O)O)NC(=O)[C@H](CC(C)C)NC(=O)[C@H](Cc1cnc[nH]1)NC(=O)C1CSSC[C@H](N)C(=O)NC(C(C)C)C(=O)N[C@@H](Cc2ccc(O)cc2)C(=O)NC(Cc2ccccc2)C(=O)N1)C(=O)N[C@H](C(=O)N[C@@H](Cc1c[nH]c2ccccc12)C(=O)O)[C@@H](C)CC. The number of nitrogens with zero attached hydrogens (tertiary/aromatic N) is 1. The number of imidazole rings is 1. The molecule has 0 radical (unpaired) electrons. The molecule has 3 heterocycles. The van der Waals surface area contributed by atoms with E-state index < -0.39 is 162 Å². The van der Waals surface area contributed by atoms with Crippen LogP contribution in [-0.2, 0) is 83.2 Å². The molecule has 10 amide bonds. The Labute approximate surface area is 581 Å². The number of carbonyl (C=O) groups is 12. The van der Waals surface area contributed by atoms with Crippen molar-refractivity contribution in [3.63, 3.8) is 0 Å². The number of rotatable bonds is 30. The Morgan fingerprint density at radius 1 is 0.586 bits per heavy atom. The molecule has 536 valence electrons. The maximum absolute atomic E-state index is 14.9. The molecule has 3 unspecified atom stereocenters. The van der Waals surface area contributed by atoms with Gasteiger partial charge in [0.15, 0.2) is 0 Å². The Morgan fingerprint density at radius 3 is 1.73 bits per heavy atom. The zero-order valence-corrected chi connectivity index (χ0v) is 58.2. The summed E-state index contributed by atoms with van der Waals surface area (Å²) >= 11 is 0. The summed E-state index contributed by atoms with van der Waals surface area (Å²) < 4.78 is 0. The number of phenolic OH excluding ortho intramolecular Hbond substituents is 1. The number of para-hydroxylation sites is 1. The molecular weight excluding hydrogens is 1320 g/mol. The van der Waals surface area contributed by atoms with Crippen molar-refractivity contribution in [2.45, 2.75) is 173 Å². The van der Waals surface area contributed by atoms with Gasteiger partial charge in [-0.25, -0.2) is 9.78 Å². The molecule has 29 nitrogen and oxygen atoms in total. The number of carboxylic acids is 2. The predicted octanol–water partition coefficient (Wildman–Crippen LogP) is 1.79. The average Bonchev–Trinajstić information content (AvgIpc) is 1.78. The minimum absolute atomic E-state index is 0.0520. The zero-order valence-electron chi connectivity index (χ0n) is 56.6. The number of nitrogens with two attached hydrogens (primary N) is 1. The number of hydrogen-bond donors (Lipinski definition) is 16. The molecule has 0 aliphatic carbocycles. The summed E-state index contributed by atoms with van der Waals surface area (Å²) in [5.74, 6) is -14.0. The van der Waals surface area contributed by atoms with Crippen LogP contribution in [0.15, 0.2) is 97.6 Å². The number of H-pyrrole nitrogens is 2. The number of hydrogen-bond acceptors (Lipinski definition) is 17. The minimum Gasteiger partial charge on any atom is -0.508 e. The molecule has 1 aliphatic heterocycles. The van der Waals surface area contributed by atoms with Gasteiger partial charge >= 0.3 is 11.9 Å². The quantitative estimate of drug-likeness (QED) is 0.0291. The molecule has 2 aromatic heterocycles. The lowest BCUT2D eigenvalue weighted by molar-refractivity contribution is -0.142. The number of amides is 10. The standard InChI is InChI=1S/C68H92N14O15S2/c1-9-37(7)56(66(94)78-52(68(96)97)27-41-30-71-46-19-15-14-18-44(41)46)82-67(95)57(38(8)10-2)81-63(91)51(29-54(84)85)76-59(87)47(24-35(3)4)73-62(90)50(28-42-31-70-34-72-42)75-64(92)53-33-99-98-32-45(69)58(86)80-55(36(5)6)65(93)77-49(26-40-20-22-43(83)23-21-40)60(88)74-48(61(89)79-53)25-39-16-12-11-13-17-39/h11-23,30-31,34-38,45,47-53,55-57,71,83H,9-10,24-29,32-33,69H2,1-8H3,(H,70,72)(H,73,90)(H,74,88)(H,75,92)(H,76,87)(H,77,93)(H,78,94)(H,79,89)(H,80,86)(H,81,91)(H,82,95)(H,84,85)(H,96,97)/t37-,38-,45-,47-,48?,49-,50-,51-,52-,53?,55?,56-,57-/m0/s1. The van der Waals surface area contributed by atoms with Crippen molar-refractivity contribution in [3.8, 4) is 5.75 Å². The number of phenols is 1. The van der Waals surface area contributed by atoms with E-state index >= 15 is 0 Å². The lowest BCUT2D eigenvalue weighted by Gasteiger charge is -2.31. The highest BCUT2D eigenvalue weighted by Gasteiger charge is 2.39. The van der Waals surface area contributed by atoms with E-state index in [1.807, 2.05) is 18.2 Å². The van der Waals surface area contributed by atoms with Gasteiger partial charge in [-0.2, -0.15) is 0 Å². The maximum Gasteiger partial charge on any atom is 0.326 e. The molecule has 0 saturated carbocycles. The summed E-state index contributed by atoms with van der Waals surface area (Å²) in [5, 5.41) is 57.8. The van der Waals surface area contributed by atoms with E-state index in [0.717, 1.165) is 32.5 Å². The fraction of sp³-hybridized carbons (Fsp3) is 0.485. The molecular formula is C68H92N14O15S2. The highest BCUT2D eigenvalue weighted by atomic mass is 33.1. The number of benzene rings is 3. The molecule has 5 aromatic rings. The second-order valence-electron chi connectivity index (χ2n) is 25.5. The normalized spacial score (nSPS) is 19.7. The predicted molar refractivity (Wildman–Crippen MR) is 372 cm³/mol. The minimum atomic E-state index is -1.87. The van der Waals surface area contributed by atoms with Crippen LogP contribution in [0.1, 0.15) is 103 Å². The number of aliphatic carboxylic acids is 2. The van der Waals surface area contributed by atoms with Gasteiger partial charge in [0.1, 0.15) is 66.2 Å². The van der Waals surface area contributed by atoms with Gasteiger partial charge in [-0.15, -0.1) is 0 Å². The van der Waals surface area contributed by atoms with Crippen molar-refractivity contribution in [3.05, 3.63) is 120 Å². The van der Waals surface area contributed by atoms with E-state index in [9.17, 15) is 72.9 Å². The van der Waals surface area contributed by atoms with E-state index in [1.165, 1.54) is 24.7 Å². The van der Waals surface area contributed by atoms with Crippen LogP contribution >= 0.6 is 21.6 Å². The van der Waals surface area contributed by atoms with Gasteiger partial charge < -0.3 is 84.2 Å². The van der Waals surface area contributed by atoms with Crippen molar-refractivity contribution < 1.29 is 72.9 Å². The van der Waals surface area contributed by atoms with Gasteiger partial charge in [0.25, 0.3) is 0 Å². The Balaban J connectivity index is 1.24. The number of fused-ring (bicyclic) bond motifs is 1. The number of aromatic amines is 2. The van der Waals surface area contributed by atoms with Gasteiger partial charge in [0, 0.05) is 66.2 Å². The van der Waals surface area contributed by atoms with Crippen LogP contribution in [0, 0.1) is 23.7 Å². The first-order valence-corrected chi connectivity index (χ1v) is 35.4. The first kappa shape index (κ1) is 78.5. The number of aromatic nitrogens is 3. The summed E-state index contributed by atoms with van der Waals surface area (Å²) in [6.45, 7) is 13.6. The number of carboxylic acid groups (broad SMARTS) is 2. The van der Waals surface area contributed by atoms with Gasteiger partial charge in [-0.1, -0.05) is 150 Å². The van der Waals surface area contributed by atoms with Crippen LogP contribution in [0.4, 0.5) is 0 Å². The molecule has 1 saturated heterocycles. The zero-order chi connectivity index (χ0) is 72.6. The van der Waals surface area contributed by atoms with E-state index in [0.29, 0.717) is 28.8 Å². The summed E-state index contributed by atoms with van der Waals surface area (Å²) in [6.07, 6.45) is 3.23. The van der Waals surface area contributed by atoms with Crippen molar-refractivity contribution in [2.75, 3.05) is 11.5 Å². The lowest BCUT2D eigenvalue weighted by atomic mass is 9.94. The second-order valence-corrected chi connectivity index (χ2v) is 28.1. The number of carbonyl (C=O) groups excluding carboxylic acids is 10.